The molecule has 8 nitrogen and oxygen atoms in total. The van der Waals surface area contributed by atoms with E-state index in [2.05, 4.69) is 0 Å². The summed E-state index contributed by atoms with van der Waals surface area (Å²) in [6.07, 6.45) is 2.74. The van der Waals surface area contributed by atoms with Gasteiger partial charge in [-0.3, -0.25) is 9.59 Å². The van der Waals surface area contributed by atoms with Crippen LogP contribution in [0.15, 0.2) is 0 Å². The fourth-order valence-electron chi connectivity index (χ4n) is 2.05. The molecule has 0 aliphatic rings. The van der Waals surface area contributed by atoms with Crippen LogP contribution in [0.2, 0.25) is 0 Å². The van der Waals surface area contributed by atoms with E-state index >= 15 is 0 Å². The molecule has 29 heavy (non-hydrogen) atoms. The van der Waals surface area contributed by atoms with Gasteiger partial charge in [-0.2, -0.15) is 0 Å². The Hall–Kier alpha value is -0.917. The zero-order chi connectivity index (χ0) is 23.2. The van der Waals surface area contributed by atoms with E-state index in [9.17, 15) is 29.4 Å². The van der Waals surface area contributed by atoms with Crippen molar-refractivity contribution in [2.24, 2.45) is 11.8 Å². The minimum atomic E-state index is -1.24. The molecule has 0 aromatic heterocycles. The maximum absolute atomic E-state index is 11.0. The summed E-state index contributed by atoms with van der Waals surface area (Å²) in [5, 5.41) is 20.6. The van der Waals surface area contributed by atoms with Gasteiger partial charge in [0.2, 0.25) is 0 Å². The molecule has 0 saturated carbocycles. The van der Waals surface area contributed by atoms with Crippen molar-refractivity contribution in [3.8, 4) is 0 Å². The van der Waals surface area contributed by atoms with E-state index in [1.165, 1.54) is 0 Å². The normalized spacial score (nSPS) is 11.5. The van der Waals surface area contributed by atoms with E-state index in [0.717, 1.165) is 13.2 Å². The number of hydrogen-bond acceptors (Lipinski definition) is 8. The molecule has 0 rings (SSSR count). The Morgan fingerprint density at radius 1 is 0.690 bits per heavy atom. The number of carboxylic acids is 2. The molecule has 0 saturated heterocycles. The molecule has 0 aromatic carbocycles. The van der Waals surface area contributed by atoms with Gasteiger partial charge >= 0.3 is 56.8 Å². The van der Waals surface area contributed by atoms with E-state index < -0.39 is 47.9 Å². The monoisotopic (exact) mass is 494 g/mol. The second-order valence-corrected chi connectivity index (χ2v) is 7.77. The van der Waals surface area contributed by atoms with Crippen LogP contribution in [0.1, 0.15) is 80.1 Å². The summed E-state index contributed by atoms with van der Waals surface area (Å²) in [7, 11) is 0. The Balaban J connectivity index is -0.000000360. The summed E-state index contributed by atoms with van der Waals surface area (Å²) in [5.41, 5.74) is 0. The predicted octanol–water partition coefficient (Wildman–Crippen LogP) is 1.24. The molecular weight excluding hydrogens is 459 g/mol. The second kappa shape index (κ2) is 23.4. The molecule has 2 unspecified atom stereocenters. The van der Waals surface area contributed by atoms with E-state index in [-0.39, 0.29) is 11.6 Å². The molecule has 0 aliphatic carbocycles. The van der Waals surface area contributed by atoms with E-state index in [0.29, 0.717) is 38.5 Å². The van der Waals surface area contributed by atoms with Gasteiger partial charge in [0.15, 0.2) is 0 Å². The minimum absolute atomic E-state index is 0.213. The van der Waals surface area contributed by atoms with Crippen molar-refractivity contribution in [2.75, 3.05) is 13.2 Å². The summed E-state index contributed by atoms with van der Waals surface area (Å²) < 4.78 is 10.0. The van der Waals surface area contributed by atoms with Crippen molar-refractivity contribution in [1.82, 2.24) is 0 Å². The number of ketones is 2. The van der Waals surface area contributed by atoms with Crippen molar-refractivity contribution in [1.29, 1.82) is 0 Å². The summed E-state index contributed by atoms with van der Waals surface area (Å²) in [4.78, 5) is 42.6. The van der Waals surface area contributed by atoms with Crippen LogP contribution in [-0.2, 0) is 48.9 Å². The maximum atomic E-state index is 11.0. The van der Waals surface area contributed by atoms with Gasteiger partial charge in [0.1, 0.15) is 11.6 Å². The number of rotatable bonds is 14. The SMILES string of the molecule is CCCC(=O)C(CC)C(=O)[O-].CCCC(=O)C(CC)C(=O)[O-].CC[O][Zr+2][O]CC. The summed E-state index contributed by atoms with van der Waals surface area (Å²) in [6, 6.07) is 0. The molecule has 0 bridgehead atoms. The Labute approximate surface area is 187 Å². The summed E-state index contributed by atoms with van der Waals surface area (Å²) >= 11 is -0.819. The van der Waals surface area contributed by atoms with Gasteiger partial charge in [-0.1, -0.05) is 27.7 Å². The molecule has 0 radical (unpaired) electrons. The van der Waals surface area contributed by atoms with Crippen LogP contribution >= 0.6 is 0 Å². The molecule has 9 heteroatoms. The third-order valence-electron chi connectivity index (χ3n) is 3.56. The number of carbonyl (C=O) groups excluding carboxylic acids is 4. The van der Waals surface area contributed by atoms with Crippen LogP contribution in [0.3, 0.4) is 0 Å². The Bertz CT molecular complexity index is 414. The van der Waals surface area contributed by atoms with E-state index in [1.807, 2.05) is 27.7 Å². The Kier molecular flexibility index (Phi) is 26.4. The second-order valence-electron chi connectivity index (χ2n) is 5.94. The number of Topliss-reactive ketones (excluding diaryl/α,β-unsaturated/α-hetero) is 2. The first-order chi connectivity index (χ1) is 13.7. The van der Waals surface area contributed by atoms with Gasteiger partial charge in [0.25, 0.3) is 0 Å². The first-order valence-corrected chi connectivity index (χ1v) is 12.1. The fraction of sp³-hybridized carbons (Fsp3) is 0.800. The van der Waals surface area contributed by atoms with Crippen molar-refractivity contribution in [3.63, 3.8) is 0 Å². The van der Waals surface area contributed by atoms with Gasteiger partial charge in [-0.15, -0.1) is 0 Å². The molecule has 0 spiro atoms. The molecule has 0 aromatic rings. The predicted molar refractivity (Wildman–Crippen MR) is 101 cm³/mol. The third kappa shape index (κ3) is 20.1. The molecule has 0 heterocycles. The number of carbonyl (C=O) groups is 4. The van der Waals surface area contributed by atoms with E-state index in [4.69, 9.17) is 5.63 Å². The first-order valence-electron chi connectivity index (χ1n) is 10.1. The number of aliphatic carboxylic acids is 2. The summed E-state index contributed by atoms with van der Waals surface area (Å²) in [5.74, 6) is -4.70. The average molecular weight is 496 g/mol. The topological polar surface area (TPSA) is 133 Å². The van der Waals surface area contributed by atoms with Gasteiger partial charge in [0.05, 0.1) is 23.8 Å². The molecule has 2 atom stereocenters. The zero-order valence-electron chi connectivity index (χ0n) is 18.6. The molecule has 0 N–H and O–H groups in total. The fourth-order valence-corrected chi connectivity index (χ4v) is 2.84. The van der Waals surface area contributed by atoms with Crippen LogP contribution in [0.4, 0.5) is 0 Å². The van der Waals surface area contributed by atoms with Crippen molar-refractivity contribution >= 4 is 23.5 Å². The molecule has 168 valence electrons. The summed E-state index contributed by atoms with van der Waals surface area (Å²) in [6.45, 7) is 12.6. The average Bonchev–Trinajstić information content (AvgIpc) is 2.64. The van der Waals surface area contributed by atoms with Crippen molar-refractivity contribution in [2.45, 2.75) is 80.1 Å². The third-order valence-corrected chi connectivity index (χ3v) is 5.56. The van der Waals surface area contributed by atoms with Crippen LogP contribution in [0.25, 0.3) is 0 Å². The van der Waals surface area contributed by atoms with Gasteiger partial charge in [-0.05, 0) is 25.7 Å². The van der Waals surface area contributed by atoms with Crippen LogP contribution in [0, 0.1) is 11.8 Å². The number of hydrogen-bond donors (Lipinski definition) is 0. The van der Waals surface area contributed by atoms with Gasteiger partial charge in [-0.25, -0.2) is 0 Å². The van der Waals surface area contributed by atoms with Crippen molar-refractivity contribution in [3.05, 3.63) is 0 Å². The molecular formula is C20H36O8Zr. The zero-order valence-corrected chi connectivity index (χ0v) is 21.0. The Morgan fingerprint density at radius 3 is 1.17 bits per heavy atom. The van der Waals surface area contributed by atoms with Crippen LogP contribution in [0.5, 0.6) is 0 Å². The van der Waals surface area contributed by atoms with Crippen LogP contribution < -0.4 is 10.2 Å². The van der Waals surface area contributed by atoms with Crippen molar-refractivity contribution < 1.29 is 59.1 Å². The standard InChI is InChI=1S/2C8H14O3.2C2H5O.Zr/c2*1-3-5-7(9)6(4-2)8(10)11;2*1-2-3;/h2*6H,3-5H2,1-2H3,(H,10,11);2*2H2,1H3;/q;;2*-1;+4/p-2. The van der Waals surface area contributed by atoms with Gasteiger partial charge < -0.3 is 19.8 Å². The van der Waals surface area contributed by atoms with Crippen LogP contribution in [-0.4, -0.2) is 36.7 Å². The molecule has 0 fully saturated rings. The molecule has 0 aliphatic heterocycles. The number of carboxylic acid groups (broad SMARTS) is 2. The van der Waals surface area contributed by atoms with Gasteiger partial charge in [0, 0.05) is 12.8 Å². The quantitative estimate of drug-likeness (QED) is 0.260. The first kappa shape index (κ1) is 32.7. The van der Waals surface area contributed by atoms with E-state index in [1.54, 1.807) is 13.8 Å². The Morgan fingerprint density at radius 2 is 1.00 bits per heavy atom. The molecule has 0 amide bonds.